The monoisotopic (exact) mass is 309 g/mol. The molecule has 2 aromatic carbocycles. The highest BCUT2D eigenvalue weighted by Gasteiger charge is 2.22. The van der Waals surface area contributed by atoms with Crippen LogP contribution < -0.4 is 4.90 Å². The Morgan fingerprint density at radius 3 is 2.35 bits per heavy atom. The second-order valence-corrected chi connectivity index (χ2v) is 5.18. The summed E-state index contributed by atoms with van der Waals surface area (Å²) in [6.45, 7) is 12.7. The molecule has 0 saturated carbocycles. The van der Waals surface area contributed by atoms with Crippen molar-refractivity contribution in [2.45, 2.75) is 40.7 Å². The van der Waals surface area contributed by atoms with E-state index >= 15 is 0 Å². The Kier molecular flexibility index (Phi) is 7.82. The fraction of sp³-hybridized carbons (Fsp3) is 0.286. The summed E-state index contributed by atoms with van der Waals surface area (Å²) < 4.78 is 0. The van der Waals surface area contributed by atoms with Gasteiger partial charge >= 0.3 is 0 Å². The van der Waals surface area contributed by atoms with Gasteiger partial charge in [-0.15, -0.1) is 0 Å². The van der Waals surface area contributed by atoms with Crippen molar-refractivity contribution >= 4 is 12.0 Å². The van der Waals surface area contributed by atoms with E-state index in [9.17, 15) is 0 Å². The molecule has 2 nitrogen and oxygen atoms in total. The summed E-state index contributed by atoms with van der Waals surface area (Å²) in [4.78, 5) is 11.1. The Morgan fingerprint density at radius 1 is 1.13 bits per heavy atom. The number of rotatable bonds is 2. The first-order valence-electron chi connectivity index (χ1n) is 8.14. The molecular weight excluding hydrogens is 282 g/mol. The molecule has 2 heteroatoms. The Balaban J connectivity index is 0.000000477. The number of aryl methyl sites for hydroxylation is 1. The number of carbonyl (C=O) groups excluding carboxylic acids is 1. The highest BCUT2D eigenvalue weighted by atomic mass is 16.1. The van der Waals surface area contributed by atoms with E-state index in [-0.39, 0.29) is 0 Å². The van der Waals surface area contributed by atoms with Crippen molar-refractivity contribution in [2.75, 3.05) is 4.90 Å². The number of allylic oxidation sites excluding steroid dienone is 1. The minimum Gasteiger partial charge on any atom is -0.341 e. The van der Waals surface area contributed by atoms with Crippen molar-refractivity contribution in [1.29, 1.82) is 0 Å². The predicted octanol–water partition coefficient (Wildman–Crippen LogP) is 5.30. The molecule has 0 N–H and O–H groups in total. The molecule has 0 saturated heterocycles. The maximum absolute atomic E-state index is 8.81. The van der Waals surface area contributed by atoms with Gasteiger partial charge in [0.05, 0.1) is 0 Å². The number of carbonyl (C=O) groups is 1. The number of benzene rings is 2. The summed E-state index contributed by atoms with van der Waals surface area (Å²) in [5, 5.41) is 0. The zero-order valence-electron chi connectivity index (χ0n) is 14.7. The summed E-state index contributed by atoms with van der Waals surface area (Å²) in [5.41, 5.74) is 6.56. The van der Waals surface area contributed by atoms with Gasteiger partial charge in [0.25, 0.3) is 0 Å². The van der Waals surface area contributed by atoms with E-state index in [4.69, 9.17) is 4.79 Å². The molecule has 0 aromatic heterocycles. The number of anilines is 1. The lowest BCUT2D eigenvalue weighted by molar-refractivity contribution is -0.106. The second kappa shape index (κ2) is 9.62. The SMILES string of the molecule is C=C1Cc2cc(C)ccc2N1Cc1ccccc1.CC.CC=O. The van der Waals surface area contributed by atoms with E-state index in [1.807, 2.05) is 13.8 Å². The summed E-state index contributed by atoms with van der Waals surface area (Å²) in [6.07, 6.45) is 1.73. The lowest BCUT2D eigenvalue weighted by Crippen LogP contribution is -2.17. The van der Waals surface area contributed by atoms with Crippen LogP contribution in [0.5, 0.6) is 0 Å². The van der Waals surface area contributed by atoms with Gasteiger partial charge in [-0.2, -0.15) is 0 Å². The summed E-state index contributed by atoms with van der Waals surface area (Å²) in [5.74, 6) is 0. The second-order valence-electron chi connectivity index (χ2n) is 5.18. The van der Waals surface area contributed by atoms with Crippen LogP contribution in [0.1, 0.15) is 37.5 Å². The third-order valence-corrected chi connectivity index (χ3v) is 3.49. The quantitative estimate of drug-likeness (QED) is 0.701. The number of fused-ring (bicyclic) bond motifs is 1. The predicted molar refractivity (Wildman–Crippen MR) is 99.7 cm³/mol. The summed E-state index contributed by atoms with van der Waals surface area (Å²) >= 11 is 0. The maximum atomic E-state index is 8.81. The Morgan fingerprint density at radius 2 is 1.74 bits per heavy atom. The van der Waals surface area contributed by atoms with Crippen molar-refractivity contribution in [1.82, 2.24) is 0 Å². The van der Waals surface area contributed by atoms with Gasteiger partial charge in [-0.25, -0.2) is 0 Å². The average Bonchev–Trinajstić information content (AvgIpc) is 2.86. The number of nitrogens with zero attached hydrogens (tertiary/aromatic N) is 1. The van der Waals surface area contributed by atoms with Crippen LogP contribution in [0.25, 0.3) is 0 Å². The largest absolute Gasteiger partial charge is 0.341 e. The van der Waals surface area contributed by atoms with E-state index in [1.54, 1.807) is 0 Å². The molecule has 0 unspecified atom stereocenters. The van der Waals surface area contributed by atoms with E-state index in [0.29, 0.717) is 0 Å². The maximum Gasteiger partial charge on any atom is 0.116 e. The molecule has 0 amide bonds. The van der Waals surface area contributed by atoms with Crippen LogP contribution in [-0.2, 0) is 17.8 Å². The van der Waals surface area contributed by atoms with Gasteiger partial charge in [-0.05, 0) is 31.0 Å². The van der Waals surface area contributed by atoms with Gasteiger partial charge in [0.1, 0.15) is 6.29 Å². The van der Waals surface area contributed by atoms with E-state index in [2.05, 4.69) is 66.9 Å². The number of hydrogen-bond acceptors (Lipinski definition) is 2. The van der Waals surface area contributed by atoms with E-state index in [0.717, 1.165) is 19.3 Å². The van der Waals surface area contributed by atoms with E-state index in [1.165, 1.54) is 35.0 Å². The molecule has 3 rings (SSSR count). The lowest BCUT2D eigenvalue weighted by atomic mass is 10.1. The third kappa shape index (κ3) is 5.10. The van der Waals surface area contributed by atoms with Gasteiger partial charge < -0.3 is 9.69 Å². The zero-order valence-corrected chi connectivity index (χ0v) is 14.7. The number of hydrogen-bond donors (Lipinski definition) is 0. The minimum atomic E-state index is 0.750. The fourth-order valence-electron chi connectivity index (χ4n) is 2.57. The smallest absolute Gasteiger partial charge is 0.116 e. The van der Waals surface area contributed by atoms with Crippen LogP contribution in [0.2, 0.25) is 0 Å². The zero-order chi connectivity index (χ0) is 17.2. The van der Waals surface area contributed by atoms with Gasteiger partial charge in [-0.1, -0.05) is 68.5 Å². The highest BCUT2D eigenvalue weighted by molar-refractivity contribution is 5.65. The van der Waals surface area contributed by atoms with Crippen LogP contribution in [0, 0.1) is 6.92 Å². The lowest BCUT2D eigenvalue weighted by Gasteiger charge is -2.21. The Hall–Kier alpha value is -2.35. The van der Waals surface area contributed by atoms with Crippen LogP contribution in [0.15, 0.2) is 60.8 Å². The van der Waals surface area contributed by atoms with E-state index < -0.39 is 0 Å². The van der Waals surface area contributed by atoms with Crippen molar-refractivity contribution < 1.29 is 4.79 Å². The first kappa shape index (κ1) is 18.7. The van der Waals surface area contributed by atoms with Gasteiger partial charge in [0.15, 0.2) is 0 Å². The van der Waals surface area contributed by atoms with Crippen LogP contribution in [-0.4, -0.2) is 6.29 Å². The summed E-state index contributed by atoms with van der Waals surface area (Å²) in [6, 6.07) is 17.2. The summed E-state index contributed by atoms with van der Waals surface area (Å²) in [7, 11) is 0. The highest BCUT2D eigenvalue weighted by Crippen LogP contribution is 2.35. The first-order valence-corrected chi connectivity index (χ1v) is 8.14. The van der Waals surface area contributed by atoms with Crippen molar-refractivity contribution in [3.05, 3.63) is 77.5 Å². The van der Waals surface area contributed by atoms with Crippen molar-refractivity contribution in [3.8, 4) is 0 Å². The molecule has 0 aliphatic carbocycles. The van der Waals surface area contributed by atoms with Gasteiger partial charge in [-0.3, -0.25) is 0 Å². The van der Waals surface area contributed by atoms with Crippen LogP contribution >= 0.6 is 0 Å². The standard InChI is InChI=1S/C17H17N.C2H4O.C2H6/c1-13-8-9-17-16(10-13)11-14(2)18(17)12-15-6-4-3-5-7-15;1-2-3;1-2/h3-10H,2,11-12H2,1H3;2H,1H3;1-2H3. The Bertz CT molecular complexity index is 632. The van der Waals surface area contributed by atoms with Crippen LogP contribution in [0.4, 0.5) is 5.69 Å². The molecule has 1 heterocycles. The molecule has 2 aromatic rings. The van der Waals surface area contributed by atoms with Crippen molar-refractivity contribution in [2.24, 2.45) is 0 Å². The van der Waals surface area contributed by atoms with Crippen molar-refractivity contribution in [3.63, 3.8) is 0 Å². The van der Waals surface area contributed by atoms with Gasteiger partial charge in [0, 0.05) is 24.4 Å². The Labute approximate surface area is 140 Å². The fourth-order valence-corrected chi connectivity index (χ4v) is 2.57. The molecule has 0 bridgehead atoms. The van der Waals surface area contributed by atoms with Gasteiger partial charge in [0.2, 0.25) is 0 Å². The third-order valence-electron chi connectivity index (χ3n) is 3.49. The number of aldehydes is 1. The molecule has 0 atom stereocenters. The first-order chi connectivity index (χ1) is 11.2. The minimum absolute atomic E-state index is 0.750. The molecular formula is C21H27NO. The molecule has 0 spiro atoms. The molecule has 0 radical (unpaired) electrons. The molecule has 1 aliphatic rings. The topological polar surface area (TPSA) is 20.3 Å². The average molecular weight is 309 g/mol. The molecule has 23 heavy (non-hydrogen) atoms. The van der Waals surface area contributed by atoms with Crippen LogP contribution in [0.3, 0.4) is 0 Å². The normalized spacial score (nSPS) is 11.7. The molecule has 1 aliphatic heterocycles. The molecule has 0 fully saturated rings. The molecule has 122 valence electrons.